The highest BCUT2D eigenvalue weighted by atomic mass is 35.5. The zero-order valence-electron chi connectivity index (χ0n) is 14.5. The minimum atomic E-state index is -0.444. The first kappa shape index (κ1) is 17.9. The van der Waals surface area contributed by atoms with Gasteiger partial charge < -0.3 is 10.2 Å². The second-order valence-corrected chi connectivity index (χ2v) is 7.79. The molecule has 1 saturated heterocycles. The molecule has 140 valence electrons. The molecule has 4 rings (SSSR count). The van der Waals surface area contributed by atoms with E-state index in [-0.39, 0.29) is 11.6 Å². The van der Waals surface area contributed by atoms with Gasteiger partial charge in [-0.05, 0) is 37.0 Å². The number of fused-ring (bicyclic) bond motifs is 1. The molecule has 9 heteroatoms. The Kier molecular flexibility index (Phi) is 5.09. The van der Waals surface area contributed by atoms with Crippen molar-refractivity contribution >= 4 is 38.9 Å². The number of amides is 1. The van der Waals surface area contributed by atoms with E-state index in [0.29, 0.717) is 16.5 Å². The second kappa shape index (κ2) is 7.66. The molecular formula is C18H18ClN5O2S. The molecule has 2 aromatic heterocycles. The standard InChI is InChI=1S/C18H18ClN5O2S/c19-13-6-4-12(5-7-13)11-20-16(26)14-10-15(25)21-17-24(14)22-18(27-17)23-8-2-1-3-9-23/h4-7,10H,1-3,8-9,11H2,(H,20,26). The molecule has 27 heavy (non-hydrogen) atoms. The van der Waals surface area contributed by atoms with Crippen LogP contribution in [0.1, 0.15) is 35.3 Å². The van der Waals surface area contributed by atoms with Gasteiger partial charge in [0.2, 0.25) is 10.1 Å². The molecule has 1 aliphatic rings. The lowest BCUT2D eigenvalue weighted by molar-refractivity contribution is 0.0943. The summed E-state index contributed by atoms with van der Waals surface area (Å²) in [5, 5.41) is 8.80. The topological polar surface area (TPSA) is 79.6 Å². The molecule has 1 amide bonds. The van der Waals surface area contributed by atoms with E-state index in [9.17, 15) is 9.59 Å². The van der Waals surface area contributed by atoms with Gasteiger partial charge in [0.05, 0.1) is 0 Å². The van der Waals surface area contributed by atoms with Crippen molar-refractivity contribution in [3.05, 3.63) is 57.0 Å². The zero-order valence-corrected chi connectivity index (χ0v) is 16.1. The molecule has 0 atom stereocenters. The summed E-state index contributed by atoms with van der Waals surface area (Å²) in [6.07, 6.45) is 3.46. The van der Waals surface area contributed by atoms with Crippen LogP contribution in [0.2, 0.25) is 5.02 Å². The molecule has 1 aromatic carbocycles. The Labute approximate surface area is 164 Å². The predicted octanol–water partition coefficient (Wildman–Crippen LogP) is 2.72. The Hall–Kier alpha value is -2.45. The van der Waals surface area contributed by atoms with Crippen LogP contribution in [0.4, 0.5) is 5.13 Å². The molecule has 7 nitrogen and oxygen atoms in total. The smallest absolute Gasteiger partial charge is 0.274 e. The fourth-order valence-electron chi connectivity index (χ4n) is 3.06. The summed E-state index contributed by atoms with van der Waals surface area (Å²) in [4.78, 5) is 31.2. The van der Waals surface area contributed by atoms with Crippen LogP contribution in [0.15, 0.2) is 35.1 Å². The van der Waals surface area contributed by atoms with E-state index in [1.54, 1.807) is 12.1 Å². The lowest BCUT2D eigenvalue weighted by atomic mass is 10.1. The number of aromatic nitrogens is 3. The van der Waals surface area contributed by atoms with Crippen molar-refractivity contribution in [3.8, 4) is 0 Å². The summed E-state index contributed by atoms with van der Waals surface area (Å²) in [6.45, 7) is 2.20. The van der Waals surface area contributed by atoms with E-state index in [4.69, 9.17) is 11.6 Å². The molecule has 1 fully saturated rings. The molecule has 0 aliphatic carbocycles. The third-order valence-corrected chi connectivity index (χ3v) is 5.69. The lowest BCUT2D eigenvalue weighted by Crippen LogP contribution is -2.30. The molecule has 1 N–H and O–H groups in total. The summed E-state index contributed by atoms with van der Waals surface area (Å²) in [5.74, 6) is -0.366. The molecular weight excluding hydrogens is 386 g/mol. The van der Waals surface area contributed by atoms with Crippen molar-refractivity contribution in [1.29, 1.82) is 0 Å². The van der Waals surface area contributed by atoms with Gasteiger partial charge in [-0.2, -0.15) is 9.50 Å². The number of rotatable bonds is 4. The van der Waals surface area contributed by atoms with E-state index >= 15 is 0 Å². The molecule has 0 spiro atoms. The molecule has 0 bridgehead atoms. The van der Waals surface area contributed by atoms with Crippen LogP contribution < -0.4 is 15.8 Å². The highest BCUT2D eigenvalue weighted by molar-refractivity contribution is 7.20. The van der Waals surface area contributed by atoms with Crippen LogP contribution in [-0.4, -0.2) is 33.6 Å². The third kappa shape index (κ3) is 3.96. The first-order chi connectivity index (χ1) is 13.1. The normalized spacial score (nSPS) is 14.5. The number of piperidine rings is 1. The zero-order chi connectivity index (χ0) is 18.8. The van der Waals surface area contributed by atoms with Gasteiger partial charge in [0.25, 0.3) is 11.5 Å². The summed E-state index contributed by atoms with van der Waals surface area (Å²) >= 11 is 7.21. The van der Waals surface area contributed by atoms with Gasteiger partial charge in [0.15, 0.2) is 0 Å². The van der Waals surface area contributed by atoms with Gasteiger partial charge >= 0.3 is 0 Å². The van der Waals surface area contributed by atoms with E-state index in [2.05, 4.69) is 20.3 Å². The highest BCUT2D eigenvalue weighted by Crippen LogP contribution is 2.25. The number of benzene rings is 1. The highest BCUT2D eigenvalue weighted by Gasteiger charge is 2.19. The number of hydrogen-bond acceptors (Lipinski definition) is 6. The van der Waals surface area contributed by atoms with Crippen LogP contribution in [0, 0.1) is 0 Å². The van der Waals surface area contributed by atoms with E-state index in [1.165, 1.54) is 28.3 Å². The SMILES string of the molecule is O=C(NCc1ccc(Cl)cc1)c1cc(=O)nc2sc(N3CCCCC3)nn12. The Morgan fingerprint density at radius 2 is 1.93 bits per heavy atom. The minimum absolute atomic E-state index is 0.193. The van der Waals surface area contributed by atoms with Crippen LogP contribution in [0.25, 0.3) is 4.96 Å². The lowest BCUT2D eigenvalue weighted by Gasteiger charge is -2.25. The van der Waals surface area contributed by atoms with Gasteiger partial charge in [-0.1, -0.05) is 35.1 Å². The van der Waals surface area contributed by atoms with Crippen LogP contribution in [0.3, 0.4) is 0 Å². The van der Waals surface area contributed by atoms with Crippen molar-refractivity contribution in [2.24, 2.45) is 0 Å². The number of nitrogens with one attached hydrogen (secondary N) is 1. The number of nitrogens with zero attached hydrogens (tertiary/aromatic N) is 4. The van der Waals surface area contributed by atoms with Crippen molar-refractivity contribution in [2.45, 2.75) is 25.8 Å². The van der Waals surface area contributed by atoms with Crippen molar-refractivity contribution in [3.63, 3.8) is 0 Å². The maximum atomic E-state index is 12.7. The number of hydrogen-bond donors (Lipinski definition) is 1. The van der Waals surface area contributed by atoms with Crippen LogP contribution in [0.5, 0.6) is 0 Å². The molecule has 0 radical (unpaired) electrons. The van der Waals surface area contributed by atoms with Crippen molar-refractivity contribution < 1.29 is 4.79 Å². The molecule has 0 saturated carbocycles. The molecule has 1 aliphatic heterocycles. The average Bonchev–Trinajstić information content (AvgIpc) is 3.11. The third-order valence-electron chi connectivity index (χ3n) is 4.47. The molecule has 3 heterocycles. The Morgan fingerprint density at radius 3 is 2.67 bits per heavy atom. The quantitative estimate of drug-likeness (QED) is 0.724. The predicted molar refractivity (Wildman–Crippen MR) is 106 cm³/mol. The first-order valence-corrected chi connectivity index (χ1v) is 9.98. The summed E-state index contributed by atoms with van der Waals surface area (Å²) in [5.41, 5.74) is 0.664. The van der Waals surface area contributed by atoms with Crippen LogP contribution in [-0.2, 0) is 6.54 Å². The first-order valence-electron chi connectivity index (χ1n) is 8.79. The van der Waals surface area contributed by atoms with Crippen LogP contribution >= 0.6 is 22.9 Å². The number of halogens is 1. The molecule has 3 aromatic rings. The van der Waals surface area contributed by atoms with Crippen molar-refractivity contribution in [2.75, 3.05) is 18.0 Å². The van der Waals surface area contributed by atoms with E-state index in [1.807, 2.05) is 12.1 Å². The minimum Gasteiger partial charge on any atom is -0.347 e. The number of carbonyl (C=O) groups excluding carboxylic acids is 1. The fraction of sp³-hybridized carbons (Fsp3) is 0.333. The van der Waals surface area contributed by atoms with Gasteiger partial charge in [-0.25, -0.2) is 0 Å². The summed E-state index contributed by atoms with van der Waals surface area (Å²) in [7, 11) is 0. The summed E-state index contributed by atoms with van der Waals surface area (Å²) in [6, 6.07) is 8.44. The van der Waals surface area contributed by atoms with Gasteiger partial charge in [0, 0.05) is 30.7 Å². The fourth-order valence-corrected chi connectivity index (χ4v) is 4.14. The maximum absolute atomic E-state index is 12.7. The largest absolute Gasteiger partial charge is 0.347 e. The second-order valence-electron chi connectivity index (χ2n) is 6.42. The molecule has 0 unspecified atom stereocenters. The van der Waals surface area contributed by atoms with Gasteiger partial charge in [0.1, 0.15) is 5.69 Å². The maximum Gasteiger partial charge on any atom is 0.274 e. The Bertz CT molecular complexity index is 1020. The average molecular weight is 404 g/mol. The van der Waals surface area contributed by atoms with E-state index in [0.717, 1.165) is 36.6 Å². The van der Waals surface area contributed by atoms with Gasteiger partial charge in [-0.3, -0.25) is 9.59 Å². The van der Waals surface area contributed by atoms with E-state index < -0.39 is 5.56 Å². The van der Waals surface area contributed by atoms with Gasteiger partial charge in [-0.15, -0.1) is 5.10 Å². The number of carbonyl (C=O) groups is 1. The Balaban J connectivity index is 1.59. The number of anilines is 1. The Morgan fingerprint density at radius 1 is 1.19 bits per heavy atom. The van der Waals surface area contributed by atoms with Crippen molar-refractivity contribution in [1.82, 2.24) is 19.9 Å². The summed E-state index contributed by atoms with van der Waals surface area (Å²) < 4.78 is 1.47. The monoisotopic (exact) mass is 403 g/mol.